The highest BCUT2D eigenvalue weighted by molar-refractivity contribution is 5.16. The van der Waals surface area contributed by atoms with Crippen LogP contribution in [0.25, 0.3) is 0 Å². The molecule has 2 atom stereocenters. The van der Waals surface area contributed by atoms with Crippen LogP contribution in [0.5, 0.6) is 5.75 Å². The minimum absolute atomic E-state index is 0.0101. The van der Waals surface area contributed by atoms with Gasteiger partial charge in [0, 0.05) is 32.3 Å². The van der Waals surface area contributed by atoms with Gasteiger partial charge >= 0.3 is 0 Å². The largest absolute Gasteiger partial charge is 0.486 e. The number of nitrogens with zero attached hydrogens (tertiary/aromatic N) is 3. The minimum Gasteiger partial charge on any atom is -0.486 e. The number of aromatic nitrogens is 1. The lowest BCUT2D eigenvalue weighted by Gasteiger charge is -2.40. The molecule has 5 nitrogen and oxygen atoms in total. The smallest absolute Gasteiger partial charge is 0.138 e. The summed E-state index contributed by atoms with van der Waals surface area (Å²) in [5.74, 6) is 0.852. The molecule has 0 amide bonds. The summed E-state index contributed by atoms with van der Waals surface area (Å²) in [6.45, 7) is 7.95. The Balaban J connectivity index is 1.28. The highest BCUT2D eigenvalue weighted by Gasteiger charge is 2.44. The van der Waals surface area contributed by atoms with E-state index in [-0.39, 0.29) is 11.7 Å². The third-order valence-electron chi connectivity index (χ3n) is 5.66. The van der Waals surface area contributed by atoms with Gasteiger partial charge in [0.05, 0.1) is 18.4 Å². The molecule has 0 aliphatic carbocycles. The summed E-state index contributed by atoms with van der Waals surface area (Å²) in [6, 6.07) is 3.89. The Labute approximate surface area is 144 Å². The van der Waals surface area contributed by atoms with Crippen molar-refractivity contribution in [1.29, 1.82) is 0 Å². The van der Waals surface area contributed by atoms with Crippen LogP contribution in [-0.4, -0.2) is 72.4 Å². The molecule has 3 fully saturated rings. The normalized spacial score (nSPS) is 31.8. The summed E-state index contributed by atoms with van der Waals surface area (Å²) < 4.78 is 12.3. The average molecular weight is 331 g/mol. The van der Waals surface area contributed by atoms with Gasteiger partial charge in [0.2, 0.25) is 0 Å². The van der Waals surface area contributed by atoms with Gasteiger partial charge < -0.3 is 14.4 Å². The second-order valence-corrected chi connectivity index (χ2v) is 7.56. The fraction of sp³-hybridized carbons (Fsp3) is 0.737. The molecule has 0 bridgehead atoms. The first-order chi connectivity index (χ1) is 11.8. The van der Waals surface area contributed by atoms with Crippen molar-refractivity contribution in [2.75, 3.05) is 45.9 Å². The molecule has 3 aliphatic heterocycles. The molecule has 1 aromatic rings. The van der Waals surface area contributed by atoms with Crippen LogP contribution in [0.2, 0.25) is 0 Å². The van der Waals surface area contributed by atoms with Gasteiger partial charge in [-0.3, -0.25) is 9.88 Å². The molecule has 0 N–H and O–H groups in total. The minimum atomic E-state index is 0.0101. The van der Waals surface area contributed by atoms with E-state index in [4.69, 9.17) is 9.47 Å². The topological polar surface area (TPSA) is 37.8 Å². The summed E-state index contributed by atoms with van der Waals surface area (Å²) >= 11 is 0. The number of pyridine rings is 1. The number of hydrogen-bond acceptors (Lipinski definition) is 5. The number of hydrogen-bond donors (Lipinski definition) is 0. The van der Waals surface area contributed by atoms with Crippen LogP contribution >= 0.6 is 0 Å². The molecule has 132 valence electrons. The molecule has 3 saturated heterocycles. The van der Waals surface area contributed by atoms with Gasteiger partial charge in [-0.15, -0.1) is 0 Å². The molecule has 2 unspecified atom stereocenters. The zero-order valence-electron chi connectivity index (χ0n) is 14.5. The maximum absolute atomic E-state index is 6.27. The van der Waals surface area contributed by atoms with Crippen LogP contribution < -0.4 is 4.74 Å². The maximum Gasteiger partial charge on any atom is 0.138 e. The Bertz CT molecular complexity index is 521. The third kappa shape index (κ3) is 3.90. The van der Waals surface area contributed by atoms with Crippen molar-refractivity contribution in [3.63, 3.8) is 0 Å². The van der Waals surface area contributed by atoms with E-state index in [9.17, 15) is 0 Å². The van der Waals surface area contributed by atoms with E-state index >= 15 is 0 Å². The first kappa shape index (κ1) is 16.3. The fourth-order valence-electron chi connectivity index (χ4n) is 4.44. The molecule has 0 aromatic carbocycles. The predicted molar refractivity (Wildman–Crippen MR) is 93.3 cm³/mol. The van der Waals surface area contributed by atoms with E-state index in [2.05, 4.69) is 14.8 Å². The first-order valence-electron chi connectivity index (χ1n) is 9.47. The van der Waals surface area contributed by atoms with E-state index in [1.54, 1.807) is 12.4 Å². The van der Waals surface area contributed by atoms with Crippen molar-refractivity contribution in [2.24, 2.45) is 0 Å². The molecule has 4 heterocycles. The summed E-state index contributed by atoms with van der Waals surface area (Å²) in [4.78, 5) is 9.33. The molecular formula is C19H29N3O2. The van der Waals surface area contributed by atoms with E-state index in [0.717, 1.165) is 18.7 Å². The predicted octanol–water partition coefficient (Wildman–Crippen LogP) is 2.18. The average Bonchev–Trinajstić information content (AvgIpc) is 3.25. The second kappa shape index (κ2) is 7.38. The van der Waals surface area contributed by atoms with Gasteiger partial charge in [-0.25, -0.2) is 0 Å². The van der Waals surface area contributed by atoms with Crippen LogP contribution in [0.4, 0.5) is 0 Å². The highest BCUT2D eigenvalue weighted by atomic mass is 16.6. The van der Waals surface area contributed by atoms with E-state index in [0.29, 0.717) is 6.61 Å². The van der Waals surface area contributed by atoms with Crippen molar-refractivity contribution in [2.45, 2.75) is 43.8 Å². The molecule has 0 saturated carbocycles. The lowest BCUT2D eigenvalue weighted by Crippen LogP contribution is -2.49. The van der Waals surface area contributed by atoms with Gasteiger partial charge in [-0.05, 0) is 57.5 Å². The molecule has 0 radical (unpaired) electrons. The Morgan fingerprint density at radius 1 is 1.17 bits per heavy atom. The molecule has 1 spiro atoms. The first-order valence-corrected chi connectivity index (χ1v) is 9.47. The van der Waals surface area contributed by atoms with Crippen molar-refractivity contribution >= 4 is 0 Å². The van der Waals surface area contributed by atoms with E-state index < -0.39 is 0 Å². The van der Waals surface area contributed by atoms with Crippen LogP contribution in [0.15, 0.2) is 24.5 Å². The number of piperidine rings is 1. The number of likely N-dealkylation sites (tertiary alicyclic amines) is 2. The van der Waals surface area contributed by atoms with Gasteiger partial charge in [0.1, 0.15) is 11.9 Å². The van der Waals surface area contributed by atoms with Crippen molar-refractivity contribution in [3.05, 3.63) is 24.5 Å². The fourth-order valence-corrected chi connectivity index (χ4v) is 4.44. The Kier molecular flexibility index (Phi) is 5.01. The zero-order chi connectivity index (χ0) is 16.2. The lowest BCUT2D eigenvalue weighted by atomic mass is 9.89. The lowest BCUT2D eigenvalue weighted by molar-refractivity contribution is -0.0528. The summed E-state index contributed by atoms with van der Waals surface area (Å²) in [5, 5.41) is 0. The molecule has 4 rings (SSSR count). The second-order valence-electron chi connectivity index (χ2n) is 7.56. The molecule has 24 heavy (non-hydrogen) atoms. The summed E-state index contributed by atoms with van der Waals surface area (Å²) in [5.41, 5.74) is 0.0101. The molecule has 5 heteroatoms. The molecule has 3 aliphatic rings. The highest BCUT2D eigenvalue weighted by Crippen LogP contribution is 2.36. The van der Waals surface area contributed by atoms with Gasteiger partial charge in [0.15, 0.2) is 0 Å². The van der Waals surface area contributed by atoms with E-state index in [1.165, 1.54) is 58.4 Å². The van der Waals surface area contributed by atoms with Crippen molar-refractivity contribution in [3.8, 4) is 5.75 Å². The van der Waals surface area contributed by atoms with Gasteiger partial charge in [0.25, 0.3) is 0 Å². The molecule has 1 aromatic heterocycles. The van der Waals surface area contributed by atoms with Crippen LogP contribution in [-0.2, 0) is 4.74 Å². The Morgan fingerprint density at radius 2 is 2.00 bits per heavy atom. The standard InChI is InChI=1S/C19H29N3O2/c1-2-9-21(8-1)11-12-22-10-4-6-19(16-22)13-18(15-23-19)24-17-5-3-7-20-14-17/h3,5,7,14,18H,1-2,4,6,8-13,15-16H2. The molecular weight excluding hydrogens is 302 g/mol. The maximum atomic E-state index is 6.27. The van der Waals surface area contributed by atoms with Crippen molar-refractivity contribution in [1.82, 2.24) is 14.8 Å². The quantitative estimate of drug-likeness (QED) is 0.827. The van der Waals surface area contributed by atoms with Crippen LogP contribution in [0.3, 0.4) is 0 Å². The monoisotopic (exact) mass is 331 g/mol. The van der Waals surface area contributed by atoms with E-state index in [1.807, 2.05) is 12.1 Å². The van der Waals surface area contributed by atoms with Gasteiger partial charge in [-0.2, -0.15) is 0 Å². The Hall–Kier alpha value is -1.17. The SMILES string of the molecule is c1cncc(OC2COC3(CCCN(CCN4CCCC4)C3)C2)c1. The van der Waals surface area contributed by atoms with Crippen molar-refractivity contribution < 1.29 is 9.47 Å². The third-order valence-corrected chi connectivity index (χ3v) is 5.66. The number of rotatable bonds is 5. The van der Waals surface area contributed by atoms with Crippen LogP contribution in [0.1, 0.15) is 32.1 Å². The summed E-state index contributed by atoms with van der Waals surface area (Å²) in [7, 11) is 0. The number of ether oxygens (including phenoxy) is 2. The van der Waals surface area contributed by atoms with Crippen LogP contribution in [0, 0.1) is 0 Å². The Morgan fingerprint density at radius 3 is 2.83 bits per heavy atom. The van der Waals surface area contributed by atoms with Gasteiger partial charge in [-0.1, -0.05) is 0 Å². The zero-order valence-corrected chi connectivity index (χ0v) is 14.5. The summed E-state index contributed by atoms with van der Waals surface area (Å²) in [6.07, 6.45) is 9.88.